The monoisotopic (exact) mass is 287 g/mol. The van der Waals surface area contributed by atoms with Crippen molar-refractivity contribution in [3.05, 3.63) is 17.7 Å². The molecule has 1 atom stereocenters. The van der Waals surface area contributed by atoms with E-state index in [9.17, 15) is 13.2 Å². The molecule has 0 saturated carbocycles. The lowest BCUT2D eigenvalue weighted by Crippen LogP contribution is -2.28. The van der Waals surface area contributed by atoms with Crippen molar-refractivity contribution in [2.75, 3.05) is 13.1 Å². The Morgan fingerprint density at radius 3 is 2.85 bits per heavy atom. The average Bonchev–Trinajstić information content (AvgIpc) is 3.08. The molecule has 3 rings (SSSR count). The number of rotatable bonds is 2. The minimum atomic E-state index is -4.47. The minimum Gasteiger partial charge on any atom is -0.331 e. The van der Waals surface area contributed by atoms with Gasteiger partial charge in [0.1, 0.15) is 5.69 Å². The predicted octanol–water partition coefficient (Wildman–Crippen LogP) is 1.95. The fourth-order valence-electron chi connectivity index (χ4n) is 2.14. The first-order valence-electron chi connectivity index (χ1n) is 6.21. The zero-order valence-electron chi connectivity index (χ0n) is 10.4. The molecule has 0 unspecified atom stereocenters. The fourth-order valence-corrected chi connectivity index (χ4v) is 2.14. The zero-order valence-corrected chi connectivity index (χ0v) is 10.4. The Labute approximate surface area is 111 Å². The van der Waals surface area contributed by atoms with Crippen LogP contribution in [0, 0.1) is 0 Å². The zero-order chi connectivity index (χ0) is 14.2. The molecule has 20 heavy (non-hydrogen) atoms. The highest BCUT2D eigenvalue weighted by atomic mass is 19.4. The molecule has 1 aliphatic heterocycles. The Morgan fingerprint density at radius 2 is 2.20 bits per heavy atom. The molecule has 0 amide bonds. The molecule has 0 spiro atoms. The van der Waals surface area contributed by atoms with Gasteiger partial charge in [0.15, 0.2) is 11.6 Å². The highest BCUT2D eigenvalue weighted by molar-refractivity contribution is 5.40. The van der Waals surface area contributed by atoms with Crippen molar-refractivity contribution in [3.63, 3.8) is 0 Å². The molecule has 2 aromatic heterocycles. The first kappa shape index (κ1) is 13.1. The Kier molecular flexibility index (Phi) is 3.20. The summed E-state index contributed by atoms with van der Waals surface area (Å²) in [6.45, 7) is 1.69. The third-order valence-corrected chi connectivity index (χ3v) is 3.19. The van der Waals surface area contributed by atoms with Crippen molar-refractivity contribution in [2.24, 2.45) is 0 Å². The van der Waals surface area contributed by atoms with Gasteiger partial charge in [0.05, 0.1) is 6.20 Å². The second-order valence-electron chi connectivity index (χ2n) is 4.64. The highest BCUT2D eigenvalue weighted by Gasteiger charge is 2.33. The number of aromatic amines is 1. The van der Waals surface area contributed by atoms with Crippen molar-refractivity contribution >= 4 is 0 Å². The smallest absolute Gasteiger partial charge is 0.331 e. The van der Waals surface area contributed by atoms with E-state index < -0.39 is 11.9 Å². The van der Waals surface area contributed by atoms with Gasteiger partial charge in [0.2, 0.25) is 0 Å². The van der Waals surface area contributed by atoms with Crippen molar-refractivity contribution in [1.82, 2.24) is 25.4 Å². The maximum absolute atomic E-state index is 12.5. The van der Waals surface area contributed by atoms with Crippen LogP contribution < -0.4 is 5.32 Å². The topological polar surface area (TPSA) is 79.6 Å². The SMILES string of the molecule is FC(F)(F)c1cnc(-c2nc([C@H]3CCCNC3)no2)[nH]1. The number of aromatic nitrogens is 4. The Hall–Kier alpha value is -1.90. The Bertz CT molecular complexity index is 585. The van der Waals surface area contributed by atoms with Crippen molar-refractivity contribution in [1.29, 1.82) is 0 Å². The number of hydrogen-bond acceptors (Lipinski definition) is 5. The lowest BCUT2D eigenvalue weighted by Gasteiger charge is -2.19. The molecule has 108 valence electrons. The van der Waals surface area contributed by atoms with Gasteiger partial charge in [-0.05, 0) is 19.4 Å². The average molecular weight is 287 g/mol. The van der Waals surface area contributed by atoms with E-state index >= 15 is 0 Å². The quantitative estimate of drug-likeness (QED) is 0.882. The van der Waals surface area contributed by atoms with Crippen molar-refractivity contribution in [2.45, 2.75) is 24.9 Å². The molecule has 3 heterocycles. The molecule has 0 aromatic carbocycles. The number of nitrogens with zero attached hydrogens (tertiary/aromatic N) is 3. The largest absolute Gasteiger partial charge is 0.432 e. The molecular weight excluding hydrogens is 275 g/mol. The van der Waals surface area contributed by atoms with Crippen molar-refractivity contribution in [3.8, 4) is 11.7 Å². The summed E-state index contributed by atoms with van der Waals surface area (Å²) in [6, 6.07) is 0. The lowest BCUT2D eigenvalue weighted by molar-refractivity contribution is -0.140. The van der Waals surface area contributed by atoms with Gasteiger partial charge < -0.3 is 14.8 Å². The minimum absolute atomic E-state index is 0.0268. The van der Waals surface area contributed by atoms with Crippen LogP contribution in [0.5, 0.6) is 0 Å². The van der Waals surface area contributed by atoms with E-state index in [1.807, 2.05) is 0 Å². The van der Waals surface area contributed by atoms with Gasteiger partial charge in [-0.1, -0.05) is 5.16 Å². The van der Waals surface area contributed by atoms with Gasteiger partial charge in [-0.3, -0.25) is 0 Å². The first-order chi connectivity index (χ1) is 9.54. The molecule has 1 fully saturated rings. The van der Waals surface area contributed by atoms with Crippen LogP contribution in [-0.2, 0) is 6.18 Å². The summed E-state index contributed by atoms with van der Waals surface area (Å²) in [4.78, 5) is 9.88. The number of halogens is 3. The van der Waals surface area contributed by atoms with Gasteiger partial charge >= 0.3 is 6.18 Å². The van der Waals surface area contributed by atoms with Crippen LogP contribution in [0.1, 0.15) is 30.3 Å². The van der Waals surface area contributed by atoms with Crippen LogP contribution in [0.15, 0.2) is 10.7 Å². The number of nitrogens with one attached hydrogen (secondary N) is 2. The summed E-state index contributed by atoms with van der Waals surface area (Å²) in [6.07, 6.45) is -1.83. The second kappa shape index (κ2) is 4.89. The predicted molar refractivity (Wildman–Crippen MR) is 61.7 cm³/mol. The summed E-state index contributed by atoms with van der Waals surface area (Å²) >= 11 is 0. The van der Waals surface area contributed by atoms with Crippen LogP contribution in [0.2, 0.25) is 0 Å². The van der Waals surface area contributed by atoms with E-state index in [2.05, 4.69) is 25.4 Å². The molecular formula is C11H12F3N5O. The van der Waals surface area contributed by atoms with Gasteiger partial charge in [-0.25, -0.2) is 4.98 Å². The first-order valence-corrected chi connectivity index (χ1v) is 6.21. The summed E-state index contributed by atoms with van der Waals surface area (Å²) in [5, 5.41) is 7.03. The maximum atomic E-state index is 12.5. The number of H-pyrrole nitrogens is 1. The van der Waals surface area contributed by atoms with Crippen LogP contribution in [0.4, 0.5) is 13.2 Å². The summed E-state index contributed by atoms with van der Waals surface area (Å²) in [5.74, 6) is 0.524. The summed E-state index contributed by atoms with van der Waals surface area (Å²) in [7, 11) is 0. The molecule has 1 aliphatic rings. The third-order valence-electron chi connectivity index (χ3n) is 3.19. The van der Waals surface area contributed by atoms with E-state index in [1.165, 1.54) is 0 Å². The fraction of sp³-hybridized carbons (Fsp3) is 0.545. The summed E-state index contributed by atoms with van der Waals surface area (Å²) < 4.78 is 42.4. The van der Waals surface area contributed by atoms with E-state index in [0.717, 1.165) is 25.9 Å². The van der Waals surface area contributed by atoms with Crippen LogP contribution in [0.3, 0.4) is 0 Å². The third kappa shape index (κ3) is 2.53. The Morgan fingerprint density at radius 1 is 1.35 bits per heavy atom. The molecule has 1 saturated heterocycles. The van der Waals surface area contributed by atoms with Gasteiger partial charge in [-0.2, -0.15) is 18.2 Å². The van der Waals surface area contributed by atoms with Crippen molar-refractivity contribution < 1.29 is 17.7 Å². The second-order valence-corrected chi connectivity index (χ2v) is 4.64. The number of imidazole rings is 1. The number of alkyl halides is 3. The Balaban J connectivity index is 1.81. The van der Waals surface area contributed by atoms with Crippen LogP contribution in [0.25, 0.3) is 11.7 Å². The van der Waals surface area contributed by atoms with Gasteiger partial charge in [-0.15, -0.1) is 0 Å². The van der Waals surface area contributed by atoms with Crippen LogP contribution in [-0.4, -0.2) is 33.2 Å². The molecule has 9 heteroatoms. The molecule has 2 N–H and O–H groups in total. The molecule has 0 bridgehead atoms. The lowest BCUT2D eigenvalue weighted by atomic mass is 9.99. The molecule has 0 radical (unpaired) electrons. The number of hydrogen-bond donors (Lipinski definition) is 2. The molecule has 0 aliphatic carbocycles. The van der Waals surface area contributed by atoms with Gasteiger partial charge in [0, 0.05) is 12.5 Å². The standard InChI is InChI=1S/C11H12F3N5O/c12-11(13,14)7-5-16-9(17-7)10-18-8(19-20-10)6-2-1-3-15-4-6/h5-6,15H,1-4H2,(H,16,17)/t6-/m0/s1. The van der Waals surface area contributed by atoms with E-state index in [-0.39, 0.29) is 17.6 Å². The summed E-state index contributed by atoms with van der Waals surface area (Å²) in [5.41, 5.74) is -0.938. The highest BCUT2D eigenvalue weighted by Crippen LogP contribution is 2.29. The van der Waals surface area contributed by atoms with Gasteiger partial charge in [0.25, 0.3) is 5.89 Å². The molecule has 6 nitrogen and oxygen atoms in total. The molecule has 2 aromatic rings. The normalized spacial score (nSPS) is 20.2. The van der Waals surface area contributed by atoms with Crippen LogP contribution >= 0.6 is 0 Å². The maximum Gasteiger partial charge on any atom is 0.432 e. The number of piperidine rings is 1. The van der Waals surface area contributed by atoms with E-state index in [4.69, 9.17) is 4.52 Å². The van der Waals surface area contributed by atoms with E-state index in [1.54, 1.807) is 0 Å². The van der Waals surface area contributed by atoms with E-state index in [0.29, 0.717) is 12.0 Å².